The lowest BCUT2D eigenvalue weighted by atomic mass is 10.1. The van der Waals surface area contributed by atoms with E-state index in [1.54, 1.807) is 6.07 Å². The second-order valence-electron chi connectivity index (χ2n) is 5.62. The van der Waals surface area contributed by atoms with Crippen molar-refractivity contribution in [1.82, 2.24) is 9.80 Å². The minimum atomic E-state index is -0.344. The van der Waals surface area contributed by atoms with Crippen LogP contribution in [0.4, 0.5) is 4.39 Å². The SMILES string of the molecule is CC(C)N1CCN(Cc2ccc(F)cc2C(=N)N)CC1. The van der Waals surface area contributed by atoms with Gasteiger partial charge in [-0.15, -0.1) is 0 Å². The Labute approximate surface area is 119 Å². The first kappa shape index (κ1) is 14.9. The molecule has 1 aliphatic rings. The van der Waals surface area contributed by atoms with Gasteiger partial charge >= 0.3 is 0 Å². The summed E-state index contributed by atoms with van der Waals surface area (Å²) in [5.41, 5.74) is 6.98. The van der Waals surface area contributed by atoms with Gasteiger partial charge in [0.15, 0.2) is 0 Å². The van der Waals surface area contributed by atoms with Crippen LogP contribution in [0, 0.1) is 11.2 Å². The Kier molecular flexibility index (Phi) is 4.73. The number of nitrogens with two attached hydrogens (primary N) is 1. The lowest BCUT2D eigenvalue weighted by molar-refractivity contribution is 0.104. The maximum Gasteiger partial charge on any atom is 0.123 e. The molecular weight excluding hydrogens is 255 g/mol. The van der Waals surface area contributed by atoms with Gasteiger partial charge in [-0.05, 0) is 31.5 Å². The summed E-state index contributed by atoms with van der Waals surface area (Å²) in [6.07, 6.45) is 0. The maximum absolute atomic E-state index is 13.3. The molecule has 1 aromatic carbocycles. The lowest BCUT2D eigenvalue weighted by Gasteiger charge is -2.37. The fraction of sp³-hybridized carbons (Fsp3) is 0.533. The van der Waals surface area contributed by atoms with Crippen molar-refractivity contribution in [3.05, 3.63) is 35.1 Å². The molecule has 5 heteroatoms. The summed E-state index contributed by atoms with van der Waals surface area (Å²) in [4.78, 5) is 4.78. The van der Waals surface area contributed by atoms with E-state index in [4.69, 9.17) is 11.1 Å². The Hall–Kier alpha value is -1.46. The van der Waals surface area contributed by atoms with E-state index in [0.29, 0.717) is 11.6 Å². The van der Waals surface area contributed by atoms with E-state index >= 15 is 0 Å². The number of halogens is 1. The number of piperazine rings is 1. The number of nitrogens with one attached hydrogen (secondary N) is 1. The van der Waals surface area contributed by atoms with Gasteiger partial charge in [-0.3, -0.25) is 15.2 Å². The lowest BCUT2D eigenvalue weighted by Crippen LogP contribution is -2.48. The van der Waals surface area contributed by atoms with Crippen LogP contribution in [0.3, 0.4) is 0 Å². The van der Waals surface area contributed by atoms with Crippen molar-refractivity contribution in [3.63, 3.8) is 0 Å². The normalized spacial score (nSPS) is 17.6. The van der Waals surface area contributed by atoms with Gasteiger partial charge in [0.2, 0.25) is 0 Å². The molecule has 0 spiro atoms. The fourth-order valence-electron chi connectivity index (χ4n) is 2.62. The van der Waals surface area contributed by atoms with Crippen LogP contribution >= 0.6 is 0 Å². The molecule has 2 rings (SSSR count). The standard InChI is InChI=1S/C15H23FN4/c1-11(2)20-7-5-19(6-8-20)10-12-3-4-13(16)9-14(12)15(17)18/h3-4,9,11H,5-8,10H2,1-2H3,(H3,17,18). The predicted molar refractivity (Wildman–Crippen MR) is 79.4 cm³/mol. The van der Waals surface area contributed by atoms with Gasteiger partial charge in [-0.25, -0.2) is 4.39 Å². The molecule has 1 heterocycles. The molecule has 0 saturated carbocycles. The molecule has 0 unspecified atom stereocenters. The summed E-state index contributed by atoms with van der Waals surface area (Å²) in [5, 5.41) is 7.56. The smallest absolute Gasteiger partial charge is 0.123 e. The van der Waals surface area contributed by atoms with Crippen molar-refractivity contribution in [2.24, 2.45) is 5.73 Å². The van der Waals surface area contributed by atoms with Gasteiger partial charge < -0.3 is 5.73 Å². The molecule has 1 aliphatic heterocycles. The molecule has 1 saturated heterocycles. The number of benzene rings is 1. The van der Waals surface area contributed by atoms with Crippen molar-refractivity contribution in [3.8, 4) is 0 Å². The van der Waals surface area contributed by atoms with Crippen LogP contribution in [0.15, 0.2) is 18.2 Å². The Morgan fingerprint density at radius 3 is 2.50 bits per heavy atom. The van der Waals surface area contributed by atoms with E-state index in [2.05, 4.69) is 23.6 Å². The summed E-state index contributed by atoms with van der Waals surface area (Å²) in [6, 6.07) is 5.10. The highest BCUT2D eigenvalue weighted by atomic mass is 19.1. The zero-order chi connectivity index (χ0) is 14.7. The minimum absolute atomic E-state index is 0.0692. The molecule has 20 heavy (non-hydrogen) atoms. The topological polar surface area (TPSA) is 56.4 Å². The quantitative estimate of drug-likeness (QED) is 0.650. The number of rotatable bonds is 4. The summed E-state index contributed by atoms with van der Waals surface area (Å²) in [5.74, 6) is -0.413. The highest BCUT2D eigenvalue weighted by molar-refractivity contribution is 5.96. The molecule has 1 aromatic rings. The van der Waals surface area contributed by atoms with Gasteiger partial charge in [-0.2, -0.15) is 0 Å². The Bertz CT molecular complexity index is 479. The van der Waals surface area contributed by atoms with Crippen LogP contribution < -0.4 is 5.73 Å². The molecule has 0 radical (unpaired) electrons. The summed E-state index contributed by atoms with van der Waals surface area (Å²) in [6.45, 7) is 9.23. The highest BCUT2D eigenvalue weighted by Crippen LogP contribution is 2.15. The van der Waals surface area contributed by atoms with Crippen LogP contribution in [0.25, 0.3) is 0 Å². The van der Waals surface area contributed by atoms with Crippen molar-refractivity contribution < 1.29 is 4.39 Å². The highest BCUT2D eigenvalue weighted by Gasteiger charge is 2.19. The van der Waals surface area contributed by atoms with E-state index in [0.717, 1.165) is 38.3 Å². The Morgan fingerprint density at radius 2 is 1.95 bits per heavy atom. The third-order valence-corrected chi connectivity index (χ3v) is 3.89. The van der Waals surface area contributed by atoms with Gasteiger partial charge in [0, 0.05) is 44.3 Å². The van der Waals surface area contributed by atoms with Crippen molar-refractivity contribution in [1.29, 1.82) is 5.41 Å². The molecular formula is C15H23FN4. The number of nitrogen functional groups attached to an aromatic ring is 1. The summed E-state index contributed by atoms with van der Waals surface area (Å²) >= 11 is 0. The zero-order valence-electron chi connectivity index (χ0n) is 12.2. The van der Waals surface area contributed by atoms with Crippen molar-refractivity contribution in [2.45, 2.75) is 26.4 Å². The predicted octanol–water partition coefficient (Wildman–Crippen LogP) is 1.64. The van der Waals surface area contributed by atoms with Crippen molar-refractivity contribution in [2.75, 3.05) is 26.2 Å². The van der Waals surface area contributed by atoms with E-state index in [1.807, 2.05) is 0 Å². The third-order valence-electron chi connectivity index (χ3n) is 3.89. The molecule has 0 aromatic heterocycles. The monoisotopic (exact) mass is 278 g/mol. The maximum atomic E-state index is 13.3. The van der Waals surface area contributed by atoms with E-state index in [1.165, 1.54) is 12.1 Å². The third kappa shape index (κ3) is 3.55. The molecule has 0 amide bonds. The molecule has 4 nitrogen and oxygen atoms in total. The van der Waals surface area contributed by atoms with Crippen LogP contribution in [0.2, 0.25) is 0 Å². The van der Waals surface area contributed by atoms with Gasteiger partial charge in [0.25, 0.3) is 0 Å². The number of hydrogen-bond donors (Lipinski definition) is 2. The second kappa shape index (κ2) is 6.33. The first-order chi connectivity index (χ1) is 9.47. The van der Waals surface area contributed by atoms with E-state index < -0.39 is 0 Å². The van der Waals surface area contributed by atoms with Gasteiger partial charge in [0.1, 0.15) is 11.7 Å². The second-order valence-corrected chi connectivity index (χ2v) is 5.62. The molecule has 110 valence electrons. The van der Waals surface area contributed by atoms with E-state index in [9.17, 15) is 4.39 Å². The average molecular weight is 278 g/mol. The number of amidine groups is 1. The Balaban J connectivity index is 2.03. The minimum Gasteiger partial charge on any atom is -0.384 e. The summed E-state index contributed by atoms with van der Waals surface area (Å²) < 4.78 is 13.3. The van der Waals surface area contributed by atoms with Crippen LogP contribution in [0.5, 0.6) is 0 Å². The Morgan fingerprint density at radius 1 is 1.30 bits per heavy atom. The molecule has 0 bridgehead atoms. The fourth-order valence-corrected chi connectivity index (χ4v) is 2.62. The van der Waals surface area contributed by atoms with Gasteiger partial charge in [-0.1, -0.05) is 6.07 Å². The molecule has 0 aliphatic carbocycles. The van der Waals surface area contributed by atoms with Crippen LogP contribution in [-0.2, 0) is 6.54 Å². The number of hydrogen-bond acceptors (Lipinski definition) is 3. The number of nitrogens with zero attached hydrogens (tertiary/aromatic N) is 2. The first-order valence-electron chi connectivity index (χ1n) is 7.06. The zero-order valence-corrected chi connectivity index (χ0v) is 12.2. The first-order valence-corrected chi connectivity index (χ1v) is 7.06. The van der Waals surface area contributed by atoms with E-state index in [-0.39, 0.29) is 11.7 Å². The van der Waals surface area contributed by atoms with Gasteiger partial charge in [0.05, 0.1) is 0 Å². The average Bonchev–Trinajstić information content (AvgIpc) is 2.41. The van der Waals surface area contributed by atoms with Crippen molar-refractivity contribution >= 4 is 5.84 Å². The van der Waals surface area contributed by atoms with Crippen LogP contribution in [0.1, 0.15) is 25.0 Å². The molecule has 0 atom stereocenters. The van der Waals surface area contributed by atoms with Crippen LogP contribution in [-0.4, -0.2) is 47.9 Å². The molecule has 1 fully saturated rings. The molecule has 3 N–H and O–H groups in total. The largest absolute Gasteiger partial charge is 0.384 e. The summed E-state index contributed by atoms with van der Waals surface area (Å²) in [7, 11) is 0.